The number of benzene rings is 2. The van der Waals surface area contributed by atoms with Crippen molar-refractivity contribution in [2.45, 2.75) is 26.8 Å². The molecule has 2 aromatic carbocycles. The van der Waals surface area contributed by atoms with Gasteiger partial charge in [0.05, 0.1) is 11.7 Å². The summed E-state index contributed by atoms with van der Waals surface area (Å²) in [5.41, 5.74) is 4.04. The van der Waals surface area contributed by atoms with Gasteiger partial charge in [-0.05, 0) is 48.7 Å². The Labute approximate surface area is 159 Å². The summed E-state index contributed by atoms with van der Waals surface area (Å²) in [6.07, 6.45) is 0. The molecule has 3 rings (SSSR count). The highest BCUT2D eigenvalue weighted by atomic mass is 19.1. The van der Waals surface area contributed by atoms with E-state index in [0.717, 1.165) is 22.5 Å². The van der Waals surface area contributed by atoms with Gasteiger partial charge >= 0.3 is 0 Å². The van der Waals surface area contributed by atoms with Gasteiger partial charge in [0.15, 0.2) is 0 Å². The highest BCUT2D eigenvalue weighted by Gasteiger charge is 2.24. The van der Waals surface area contributed by atoms with E-state index in [0.29, 0.717) is 5.56 Å². The lowest BCUT2D eigenvalue weighted by molar-refractivity contribution is 0.0924. The molecule has 1 amide bonds. The minimum atomic E-state index is -0.279. The maximum Gasteiger partial charge on any atom is 0.251 e. The molecule has 0 aliphatic rings. The fraction of sp³-hybridized carbons (Fsp3) is 0.217. The van der Waals surface area contributed by atoms with E-state index in [-0.39, 0.29) is 23.7 Å². The summed E-state index contributed by atoms with van der Waals surface area (Å²) >= 11 is 0. The predicted molar refractivity (Wildman–Crippen MR) is 106 cm³/mol. The fourth-order valence-electron chi connectivity index (χ4n) is 3.05. The molecule has 0 aliphatic heterocycles. The number of aryl methyl sites for hydroxylation is 1. The van der Waals surface area contributed by atoms with Gasteiger partial charge in [-0.2, -0.15) is 0 Å². The summed E-state index contributed by atoms with van der Waals surface area (Å²) in [7, 11) is 0. The van der Waals surface area contributed by atoms with Crippen LogP contribution in [0, 0.1) is 18.7 Å². The number of hydrogen-bond donors (Lipinski definition) is 1. The standard InChI is InChI=1S/C23H23FN2O/c1-15(2)21(26-23(27)18-7-5-4-6-8-18)22-20(14-9-16(3)25-22)17-10-12-19(24)13-11-17/h4-15,21H,1-3H3,(H,26,27). The molecule has 0 fully saturated rings. The van der Waals surface area contributed by atoms with Crippen molar-refractivity contribution in [2.24, 2.45) is 5.92 Å². The second kappa shape index (κ2) is 8.12. The summed E-state index contributed by atoms with van der Waals surface area (Å²) in [4.78, 5) is 17.5. The number of nitrogens with zero attached hydrogens (tertiary/aromatic N) is 1. The summed E-state index contributed by atoms with van der Waals surface area (Å²) in [5.74, 6) is -0.285. The topological polar surface area (TPSA) is 42.0 Å². The molecule has 0 saturated heterocycles. The SMILES string of the molecule is Cc1ccc(-c2ccc(F)cc2)c(C(NC(=O)c2ccccc2)C(C)C)n1. The van der Waals surface area contributed by atoms with E-state index in [9.17, 15) is 9.18 Å². The highest BCUT2D eigenvalue weighted by Crippen LogP contribution is 2.31. The maximum atomic E-state index is 13.3. The molecule has 1 atom stereocenters. The van der Waals surface area contributed by atoms with Crippen LogP contribution >= 0.6 is 0 Å². The summed E-state index contributed by atoms with van der Waals surface area (Å²) in [6, 6.07) is 19.1. The number of nitrogens with one attached hydrogen (secondary N) is 1. The second-order valence-corrected chi connectivity index (χ2v) is 6.95. The van der Waals surface area contributed by atoms with Crippen LogP contribution in [-0.2, 0) is 0 Å². The molecule has 1 heterocycles. The van der Waals surface area contributed by atoms with E-state index < -0.39 is 0 Å². The Morgan fingerprint density at radius 2 is 1.63 bits per heavy atom. The van der Waals surface area contributed by atoms with Gasteiger partial charge < -0.3 is 5.32 Å². The zero-order valence-corrected chi connectivity index (χ0v) is 15.7. The number of rotatable bonds is 5. The van der Waals surface area contributed by atoms with Crippen LogP contribution in [0.15, 0.2) is 66.7 Å². The van der Waals surface area contributed by atoms with Crippen molar-refractivity contribution in [1.82, 2.24) is 10.3 Å². The lowest BCUT2D eigenvalue weighted by atomic mass is 9.92. The Kier molecular flexibility index (Phi) is 5.65. The van der Waals surface area contributed by atoms with Crippen LogP contribution in [0.25, 0.3) is 11.1 Å². The minimum absolute atomic E-state index is 0.131. The van der Waals surface area contributed by atoms with Crippen LogP contribution < -0.4 is 5.32 Å². The zero-order valence-electron chi connectivity index (χ0n) is 15.7. The molecular weight excluding hydrogens is 339 g/mol. The quantitative estimate of drug-likeness (QED) is 0.667. The van der Waals surface area contributed by atoms with Gasteiger partial charge in [-0.15, -0.1) is 0 Å². The van der Waals surface area contributed by atoms with Crippen molar-refractivity contribution in [2.75, 3.05) is 0 Å². The molecule has 3 nitrogen and oxygen atoms in total. The van der Waals surface area contributed by atoms with E-state index in [1.807, 2.05) is 51.1 Å². The van der Waals surface area contributed by atoms with Gasteiger partial charge in [-0.25, -0.2) is 4.39 Å². The van der Waals surface area contributed by atoms with Gasteiger partial charge in [0.25, 0.3) is 5.91 Å². The number of halogens is 1. The average Bonchev–Trinajstić information content (AvgIpc) is 2.67. The molecule has 0 aliphatic carbocycles. The Balaban J connectivity index is 2.01. The van der Waals surface area contributed by atoms with Gasteiger partial charge in [0, 0.05) is 16.8 Å². The van der Waals surface area contributed by atoms with Gasteiger partial charge in [-0.1, -0.05) is 50.2 Å². The molecule has 4 heteroatoms. The first-order valence-electron chi connectivity index (χ1n) is 9.05. The number of carbonyl (C=O) groups excluding carboxylic acids is 1. The first-order chi connectivity index (χ1) is 13.0. The fourth-order valence-corrected chi connectivity index (χ4v) is 3.05. The third-order valence-electron chi connectivity index (χ3n) is 4.50. The molecule has 0 radical (unpaired) electrons. The number of pyridine rings is 1. The van der Waals surface area contributed by atoms with Crippen molar-refractivity contribution in [3.05, 3.63) is 89.5 Å². The third-order valence-corrected chi connectivity index (χ3v) is 4.50. The normalized spacial score (nSPS) is 12.0. The van der Waals surface area contributed by atoms with Crippen molar-refractivity contribution in [3.63, 3.8) is 0 Å². The van der Waals surface area contributed by atoms with Crippen LogP contribution in [0.1, 0.15) is 41.6 Å². The third kappa shape index (κ3) is 4.40. The number of aromatic nitrogens is 1. The Morgan fingerprint density at radius 1 is 0.963 bits per heavy atom. The lowest BCUT2D eigenvalue weighted by Gasteiger charge is -2.25. The monoisotopic (exact) mass is 362 g/mol. The Hall–Kier alpha value is -3.01. The number of hydrogen-bond acceptors (Lipinski definition) is 2. The lowest BCUT2D eigenvalue weighted by Crippen LogP contribution is -2.32. The molecule has 1 N–H and O–H groups in total. The average molecular weight is 362 g/mol. The van der Waals surface area contributed by atoms with Gasteiger partial charge in [0.1, 0.15) is 5.82 Å². The van der Waals surface area contributed by atoms with Gasteiger partial charge in [0.2, 0.25) is 0 Å². The van der Waals surface area contributed by atoms with E-state index in [4.69, 9.17) is 4.98 Å². The smallest absolute Gasteiger partial charge is 0.251 e. The molecule has 0 spiro atoms. The molecule has 138 valence electrons. The van der Waals surface area contributed by atoms with Crippen LogP contribution in [0.2, 0.25) is 0 Å². The molecule has 1 unspecified atom stereocenters. The summed E-state index contributed by atoms with van der Waals surface area (Å²) in [5, 5.41) is 3.12. The molecule has 1 aromatic heterocycles. The molecule has 0 saturated carbocycles. The van der Waals surface area contributed by atoms with E-state index >= 15 is 0 Å². The molecule has 27 heavy (non-hydrogen) atoms. The van der Waals surface area contributed by atoms with Crippen LogP contribution in [0.4, 0.5) is 4.39 Å². The van der Waals surface area contributed by atoms with Crippen molar-refractivity contribution < 1.29 is 9.18 Å². The Bertz CT molecular complexity index is 921. The number of carbonyl (C=O) groups is 1. The van der Waals surface area contributed by atoms with E-state index in [1.165, 1.54) is 12.1 Å². The van der Waals surface area contributed by atoms with E-state index in [1.54, 1.807) is 24.3 Å². The predicted octanol–water partition coefficient (Wildman–Crippen LogP) is 5.32. The first kappa shape index (κ1) is 18.8. The molecule has 3 aromatic rings. The van der Waals surface area contributed by atoms with Crippen LogP contribution in [0.5, 0.6) is 0 Å². The maximum absolute atomic E-state index is 13.3. The highest BCUT2D eigenvalue weighted by molar-refractivity contribution is 5.94. The van der Waals surface area contributed by atoms with Crippen molar-refractivity contribution in [1.29, 1.82) is 0 Å². The van der Waals surface area contributed by atoms with E-state index in [2.05, 4.69) is 5.32 Å². The molecule has 0 bridgehead atoms. The van der Waals surface area contributed by atoms with Crippen LogP contribution in [-0.4, -0.2) is 10.9 Å². The summed E-state index contributed by atoms with van der Waals surface area (Å²) < 4.78 is 13.3. The second-order valence-electron chi connectivity index (χ2n) is 6.95. The first-order valence-corrected chi connectivity index (χ1v) is 9.05. The van der Waals surface area contributed by atoms with Crippen molar-refractivity contribution in [3.8, 4) is 11.1 Å². The number of amides is 1. The minimum Gasteiger partial charge on any atom is -0.343 e. The Morgan fingerprint density at radius 3 is 2.26 bits per heavy atom. The van der Waals surface area contributed by atoms with Crippen LogP contribution in [0.3, 0.4) is 0 Å². The van der Waals surface area contributed by atoms with Crippen molar-refractivity contribution >= 4 is 5.91 Å². The molecular formula is C23H23FN2O. The van der Waals surface area contributed by atoms with Gasteiger partial charge in [-0.3, -0.25) is 9.78 Å². The zero-order chi connectivity index (χ0) is 19.4. The summed E-state index contributed by atoms with van der Waals surface area (Å²) in [6.45, 7) is 6.02. The largest absolute Gasteiger partial charge is 0.343 e.